The van der Waals surface area contributed by atoms with E-state index in [0.717, 1.165) is 34.2 Å². The van der Waals surface area contributed by atoms with Crippen molar-refractivity contribution in [2.45, 2.75) is 70.8 Å². The van der Waals surface area contributed by atoms with Crippen LogP contribution in [0, 0.1) is 5.92 Å². The van der Waals surface area contributed by atoms with Gasteiger partial charge >= 0.3 is 12.3 Å². The number of hydrogen-bond donors (Lipinski definition) is 3. The minimum absolute atomic E-state index is 0.0584. The molecule has 1 aromatic heterocycles. The van der Waals surface area contributed by atoms with Gasteiger partial charge in [-0.25, -0.2) is 9.48 Å². The molecule has 3 aromatic rings. The molecule has 12 heteroatoms. The van der Waals surface area contributed by atoms with Crippen molar-refractivity contribution in [1.29, 1.82) is 0 Å². The van der Waals surface area contributed by atoms with Crippen LogP contribution in [0.5, 0.6) is 5.75 Å². The highest BCUT2D eigenvalue weighted by Gasteiger charge is 2.36. The zero-order valence-electron chi connectivity index (χ0n) is 26.9. The van der Waals surface area contributed by atoms with Crippen LogP contribution in [-0.4, -0.2) is 41.0 Å². The molecule has 0 saturated heterocycles. The molecule has 1 saturated carbocycles. The molecule has 1 heterocycles. The van der Waals surface area contributed by atoms with E-state index in [9.17, 15) is 22.8 Å². The van der Waals surface area contributed by atoms with E-state index in [2.05, 4.69) is 27.1 Å². The number of aromatic nitrogens is 2. The van der Waals surface area contributed by atoms with Crippen LogP contribution in [0.25, 0.3) is 5.69 Å². The fourth-order valence-corrected chi connectivity index (χ4v) is 5.26. The van der Waals surface area contributed by atoms with Gasteiger partial charge in [0.1, 0.15) is 17.0 Å². The van der Waals surface area contributed by atoms with Gasteiger partial charge in [0.15, 0.2) is 5.69 Å². The Morgan fingerprint density at radius 1 is 1.06 bits per heavy atom. The van der Waals surface area contributed by atoms with Gasteiger partial charge in [-0.3, -0.25) is 4.79 Å². The second kappa shape index (κ2) is 14.0. The molecule has 2 aliphatic rings. The average Bonchev–Trinajstić information content (AvgIpc) is 3.73. The number of allylic oxidation sites excluding steroid dienone is 2. The first-order valence-electron chi connectivity index (χ1n) is 15.6. The summed E-state index contributed by atoms with van der Waals surface area (Å²) in [6.07, 6.45) is 2.12. The van der Waals surface area contributed by atoms with E-state index in [-0.39, 0.29) is 24.0 Å². The van der Waals surface area contributed by atoms with E-state index >= 15 is 0 Å². The third-order valence-corrected chi connectivity index (χ3v) is 7.70. The molecule has 1 unspecified atom stereocenters. The summed E-state index contributed by atoms with van der Waals surface area (Å²) in [5, 5.41) is 12.9. The lowest BCUT2D eigenvalue weighted by Crippen LogP contribution is -2.32. The highest BCUT2D eigenvalue weighted by Crippen LogP contribution is 2.34. The maximum atomic E-state index is 13.8. The Labute approximate surface area is 272 Å². The third-order valence-electron chi connectivity index (χ3n) is 7.70. The summed E-state index contributed by atoms with van der Waals surface area (Å²) in [4.78, 5) is 25.8. The van der Waals surface area contributed by atoms with E-state index in [1.807, 2.05) is 30.3 Å². The zero-order chi connectivity index (χ0) is 33.8. The number of carbonyl (C=O) groups excluding carboxylic acids is 2. The molecule has 5 rings (SSSR count). The van der Waals surface area contributed by atoms with Crippen molar-refractivity contribution in [3.63, 3.8) is 0 Å². The summed E-state index contributed by atoms with van der Waals surface area (Å²) in [5.41, 5.74) is 1.20. The number of ether oxygens (including phenoxy) is 2. The van der Waals surface area contributed by atoms with Crippen LogP contribution in [0.1, 0.15) is 79.8 Å². The molecule has 0 aliphatic heterocycles. The number of halogens is 3. The first-order valence-corrected chi connectivity index (χ1v) is 15.6. The number of methoxy groups -OCH3 is 1. The SMILES string of the molecule is COc1cccc(C(NCC2CC2)C2=CCCC(NC(=O)c3cc(C(F)(F)F)nn3-c3cccc(CNC(=O)OC(C)(C)C)c3)=C2)c1. The van der Waals surface area contributed by atoms with Crippen molar-refractivity contribution in [3.05, 3.63) is 101 Å². The molecular weight excluding hydrogens is 611 g/mol. The molecular formula is C35H40F3N5O4. The van der Waals surface area contributed by atoms with Gasteiger partial charge in [0.05, 0.1) is 18.8 Å². The van der Waals surface area contributed by atoms with Crippen molar-refractivity contribution in [2.75, 3.05) is 13.7 Å². The third kappa shape index (κ3) is 9.25. The Bertz CT molecular complexity index is 1670. The van der Waals surface area contributed by atoms with Crippen molar-refractivity contribution in [3.8, 4) is 11.4 Å². The molecule has 2 aliphatic carbocycles. The highest BCUT2D eigenvalue weighted by atomic mass is 19.4. The maximum absolute atomic E-state index is 13.8. The number of alkyl carbamates (subject to hydrolysis) is 1. The lowest BCUT2D eigenvalue weighted by atomic mass is 9.92. The van der Waals surface area contributed by atoms with Gasteiger partial charge in [0.25, 0.3) is 5.91 Å². The van der Waals surface area contributed by atoms with E-state index < -0.39 is 29.5 Å². The number of nitrogens with one attached hydrogen (secondary N) is 3. The minimum atomic E-state index is -4.77. The zero-order valence-corrected chi connectivity index (χ0v) is 26.9. The fourth-order valence-electron chi connectivity index (χ4n) is 5.26. The number of rotatable bonds is 11. The molecule has 0 bridgehead atoms. The van der Waals surface area contributed by atoms with Crippen LogP contribution in [0.3, 0.4) is 0 Å². The van der Waals surface area contributed by atoms with Gasteiger partial charge in [0, 0.05) is 18.3 Å². The fraction of sp³-hybridized carbons (Fsp3) is 0.400. The van der Waals surface area contributed by atoms with Gasteiger partial charge in [-0.15, -0.1) is 0 Å². The Balaban J connectivity index is 1.38. The molecule has 3 N–H and O–H groups in total. The summed E-state index contributed by atoms with van der Waals surface area (Å²) in [7, 11) is 1.62. The first kappa shape index (κ1) is 33.8. The molecule has 2 aromatic carbocycles. The van der Waals surface area contributed by atoms with E-state index in [1.54, 1.807) is 52.1 Å². The van der Waals surface area contributed by atoms with E-state index in [1.165, 1.54) is 12.8 Å². The second-order valence-corrected chi connectivity index (χ2v) is 12.8. The lowest BCUT2D eigenvalue weighted by molar-refractivity contribution is -0.141. The van der Waals surface area contributed by atoms with Crippen LogP contribution < -0.4 is 20.7 Å². The molecule has 0 radical (unpaired) electrons. The minimum Gasteiger partial charge on any atom is -0.497 e. The Morgan fingerprint density at radius 2 is 1.83 bits per heavy atom. The standard InChI is InChI=1S/C35H40F3N5O4/c1-34(2,3)47-33(45)40-21-23-8-5-12-27(16-23)43-29(19-30(42-43)35(36,37)38)32(44)41-26-11-6-9-24(17-26)31(39-20-22-14-15-22)25-10-7-13-28(18-25)46-4/h5,7-10,12-13,16-19,22,31,39H,6,11,14-15,20-21H2,1-4H3,(H,40,45)(H,41,44). The molecule has 0 spiro atoms. The van der Waals surface area contributed by atoms with Gasteiger partial charge in [-0.1, -0.05) is 30.3 Å². The number of alkyl halides is 3. The molecule has 1 atom stereocenters. The predicted octanol–water partition coefficient (Wildman–Crippen LogP) is 7.00. The van der Waals surface area contributed by atoms with Gasteiger partial charge in [-0.05, 0) is 106 Å². The number of carbonyl (C=O) groups is 2. The summed E-state index contributed by atoms with van der Waals surface area (Å²) in [5.74, 6) is 0.639. The van der Waals surface area contributed by atoms with E-state index in [0.29, 0.717) is 30.0 Å². The summed E-state index contributed by atoms with van der Waals surface area (Å²) >= 11 is 0. The van der Waals surface area contributed by atoms with Crippen molar-refractivity contribution < 1.29 is 32.2 Å². The molecule has 250 valence electrons. The predicted molar refractivity (Wildman–Crippen MR) is 171 cm³/mol. The van der Waals surface area contributed by atoms with Gasteiger partial charge < -0.3 is 25.4 Å². The largest absolute Gasteiger partial charge is 0.497 e. The molecule has 2 amide bonds. The summed E-state index contributed by atoms with van der Waals surface area (Å²) < 4.78 is 53.2. The summed E-state index contributed by atoms with van der Waals surface area (Å²) in [6, 6.07) is 14.8. The highest BCUT2D eigenvalue weighted by molar-refractivity contribution is 5.94. The van der Waals surface area contributed by atoms with Crippen molar-refractivity contribution in [2.24, 2.45) is 5.92 Å². The smallest absolute Gasteiger partial charge is 0.435 e. The second-order valence-electron chi connectivity index (χ2n) is 12.8. The van der Waals surface area contributed by atoms with Crippen LogP contribution in [0.15, 0.2) is 78.0 Å². The monoisotopic (exact) mass is 651 g/mol. The Morgan fingerprint density at radius 3 is 2.53 bits per heavy atom. The average molecular weight is 652 g/mol. The van der Waals surface area contributed by atoms with Crippen molar-refractivity contribution >= 4 is 12.0 Å². The molecule has 9 nitrogen and oxygen atoms in total. The Hall–Kier alpha value is -4.58. The number of amides is 2. The maximum Gasteiger partial charge on any atom is 0.435 e. The topological polar surface area (TPSA) is 107 Å². The van der Waals surface area contributed by atoms with Gasteiger partial charge in [0.2, 0.25) is 0 Å². The van der Waals surface area contributed by atoms with Crippen LogP contribution in [0.2, 0.25) is 0 Å². The number of nitrogens with zero attached hydrogens (tertiary/aromatic N) is 2. The molecule has 47 heavy (non-hydrogen) atoms. The Kier molecular flexibility index (Phi) is 10.1. The number of benzene rings is 2. The van der Waals surface area contributed by atoms with Crippen LogP contribution >= 0.6 is 0 Å². The first-order chi connectivity index (χ1) is 22.3. The quantitative estimate of drug-likeness (QED) is 0.206. The van der Waals surface area contributed by atoms with Crippen LogP contribution in [-0.2, 0) is 17.5 Å². The summed E-state index contributed by atoms with van der Waals surface area (Å²) in [6.45, 7) is 6.12. The number of hydrogen-bond acceptors (Lipinski definition) is 6. The van der Waals surface area contributed by atoms with Crippen molar-refractivity contribution in [1.82, 2.24) is 25.7 Å². The van der Waals surface area contributed by atoms with E-state index in [4.69, 9.17) is 9.47 Å². The lowest BCUT2D eigenvalue weighted by Gasteiger charge is -2.25. The molecule has 1 fully saturated rings. The normalized spacial score (nSPS) is 15.7. The van der Waals surface area contributed by atoms with Gasteiger partial charge in [-0.2, -0.15) is 18.3 Å². The van der Waals surface area contributed by atoms with Crippen LogP contribution in [0.4, 0.5) is 18.0 Å².